The predicted molar refractivity (Wildman–Crippen MR) is 118 cm³/mol. The number of rotatable bonds is 7. The first kappa shape index (κ1) is 23.9. The van der Waals surface area contributed by atoms with Crippen LogP contribution in [0.2, 0.25) is 0 Å². The topological polar surface area (TPSA) is 72.8 Å². The van der Waals surface area contributed by atoms with Gasteiger partial charge in [-0.15, -0.1) is 0 Å². The van der Waals surface area contributed by atoms with E-state index < -0.39 is 12.8 Å². The second-order valence-corrected chi connectivity index (χ2v) is 11.7. The van der Waals surface area contributed by atoms with Gasteiger partial charge in [-0.25, -0.2) is 0 Å². The van der Waals surface area contributed by atoms with E-state index >= 15 is 0 Å². The van der Waals surface area contributed by atoms with Crippen molar-refractivity contribution in [3.63, 3.8) is 0 Å². The summed E-state index contributed by atoms with van der Waals surface area (Å²) in [6.07, 6.45) is 7.44. The van der Waals surface area contributed by atoms with E-state index in [4.69, 9.17) is 9.05 Å². The maximum Gasteiger partial charge on any atom is 0.343 e. The van der Waals surface area contributed by atoms with Gasteiger partial charge in [0.15, 0.2) is 5.78 Å². The van der Waals surface area contributed by atoms with E-state index in [1.54, 1.807) is 19.9 Å². The smallest absolute Gasteiger partial charge is 0.343 e. The molecule has 0 radical (unpaired) electrons. The Kier molecular flexibility index (Phi) is 7.20. The molecule has 1 N–H and O–H groups in total. The minimum Gasteiger partial charge on any atom is -0.507 e. The molecule has 0 heterocycles. The Hall–Kier alpha value is -1.42. The Morgan fingerprint density at radius 2 is 1.69 bits per heavy atom. The second kappa shape index (κ2) is 8.75. The molecule has 0 saturated heterocycles. The first-order chi connectivity index (χ1) is 13.4. The van der Waals surface area contributed by atoms with Crippen molar-refractivity contribution >= 4 is 19.5 Å². The van der Waals surface area contributed by atoms with Crippen molar-refractivity contribution in [1.82, 2.24) is 0 Å². The predicted octanol–water partition coefficient (Wildman–Crippen LogP) is 5.81. The van der Waals surface area contributed by atoms with Gasteiger partial charge in [-0.3, -0.25) is 9.36 Å². The van der Waals surface area contributed by atoms with Gasteiger partial charge in [0.2, 0.25) is 0 Å². The van der Waals surface area contributed by atoms with Gasteiger partial charge in [-0.05, 0) is 73.3 Å². The summed E-state index contributed by atoms with van der Waals surface area (Å²) in [6.45, 7) is 9.63. The van der Waals surface area contributed by atoms with Crippen LogP contribution in [0, 0.1) is 0 Å². The van der Waals surface area contributed by atoms with Crippen molar-refractivity contribution in [3.8, 4) is 5.75 Å². The molecule has 0 amide bonds. The van der Waals surface area contributed by atoms with Crippen LogP contribution < -0.4 is 0 Å². The van der Waals surface area contributed by atoms with E-state index in [1.807, 2.05) is 6.07 Å². The standard InChI is InChI=1S/C23H35O5P/c1-8-23(5,29(26,27-6)28-7)20(24)14-13-16-15-19(22(2,3)4)21(25)18-12-10-9-11-17(16)18/h13-15,25H,8-12H2,1-7H3. The lowest BCUT2D eigenvalue weighted by molar-refractivity contribution is -0.117. The minimum absolute atomic E-state index is 0.219. The van der Waals surface area contributed by atoms with Gasteiger partial charge in [0.25, 0.3) is 0 Å². The van der Waals surface area contributed by atoms with Gasteiger partial charge >= 0.3 is 7.60 Å². The molecule has 1 aromatic carbocycles. The summed E-state index contributed by atoms with van der Waals surface area (Å²) in [6, 6.07) is 1.98. The normalized spacial score (nSPS) is 17.2. The van der Waals surface area contributed by atoms with Crippen LogP contribution in [0.5, 0.6) is 5.75 Å². The number of phenolic OH excluding ortho intramolecular Hbond substituents is 1. The van der Waals surface area contributed by atoms with Crippen molar-refractivity contribution in [2.24, 2.45) is 0 Å². The van der Waals surface area contributed by atoms with E-state index in [2.05, 4.69) is 20.8 Å². The maximum atomic E-state index is 13.1. The molecular formula is C23H35O5P. The highest BCUT2D eigenvalue weighted by Gasteiger charge is 2.49. The molecule has 5 nitrogen and oxygen atoms in total. The summed E-state index contributed by atoms with van der Waals surface area (Å²) in [5.41, 5.74) is 3.70. The Morgan fingerprint density at radius 3 is 2.17 bits per heavy atom. The van der Waals surface area contributed by atoms with Gasteiger partial charge in [-0.1, -0.05) is 33.8 Å². The van der Waals surface area contributed by atoms with E-state index in [0.717, 1.165) is 47.9 Å². The number of fused-ring (bicyclic) bond motifs is 1. The molecule has 1 atom stereocenters. The highest BCUT2D eigenvalue weighted by Crippen LogP contribution is 2.60. The number of benzene rings is 1. The van der Waals surface area contributed by atoms with E-state index in [0.29, 0.717) is 12.2 Å². The maximum absolute atomic E-state index is 13.1. The fraction of sp³-hybridized carbons (Fsp3) is 0.609. The molecule has 0 aromatic heterocycles. The van der Waals surface area contributed by atoms with Crippen molar-refractivity contribution < 1.29 is 23.5 Å². The number of carbonyl (C=O) groups is 1. The quantitative estimate of drug-likeness (QED) is 0.444. The van der Waals surface area contributed by atoms with Crippen LogP contribution in [0.25, 0.3) is 6.08 Å². The number of hydrogen-bond acceptors (Lipinski definition) is 5. The number of aromatic hydroxyl groups is 1. The van der Waals surface area contributed by atoms with Crippen LogP contribution in [-0.2, 0) is 36.7 Å². The lowest BCUT2D eigenvalue weighted by atomic mass is 9.78. The molecule has 2 rings (SSSR count). The molecule has 0 spiro atoms. The van der Waals surface area contributed by atoms with E-state index in [1.165, 1.54) is 20.3 Å². The van der Waals surface area contributed by atoms with Gasteiger partial charge < -0.3 is 14.2 Å². The van der Waals surface area contributed by atoms with E-state index in [9.17, 15) is 14.5 Å². The van der Waals surface area contributed by atoms with Crippen molar-refractivity contribution in [1.29, 1.82) is 0 Å². The minimum atomic E-state index is -3.59. The molecule has 1 aromatic rings. The molecule has 0 fully saturated rings. The largest absolute Gasteiger partial charge is 0.507 e. The molecular weight excluding hydrogens is 387 g/mol. The SMILES string of the molecule is CCC(C)(C(=O)C=Cc1cc(C(C)(C)C)c(O)c2c1CCCC2)P(=O)(OC)OC. The summed E-state index contributed by atoms with van der Waals surface area (Å²) in [5.74, 6) is 0.0966. The summed E-state index contributed by atoms with van der Waals surface area (Å²) in [7, 11) is -0.975. The average Bonchev–Trinajstić information content (AvgIpc) is 2.70. The first-order valence-corrected chi connectivity index (χ1v) is 11.8. The molecule has 162 valence electrons. The van der Waals surface area contributed by atoms with Gasteiger partial charge in [0.1, 0.15) is 10.9 Å². The van der Waals surface area contributed by atoms with Gasteiger partial charge in [-0.2, -0.15) is 0 Å². The molecule has 6 heteroatoms. The Morgan fingerprint density at radius 1 is 1.14 bits per heavy atom. The molecule has 1 unspecified atom stereocenters. The van der Waals surface area contributed by atoms with Crippen LogP contribution in [-0.4, -0.2) is 30.3 Å². The highest BCUT2D eigenvalue weighted by atomic mass is 31.2. The van der Waals surface area contributed by atoms with Crippen LogP contribution in [0.15, 0.2) is 12.1 Å². The fourth-order valence-corrected chi connectivity index (χ4v) is 5.69. The number of allylic oxidation sites excluding steroid dienone is 1. The fourth-order valence-electron chi connectivity index (χ4n) is 4.00. The summed E-state index contributed by atoms with van der Waals surface area (Å²) >= 11 is 0. The summed E-state index contributed by atoms with van der Waals surface area (Å²) in [5, 5.41) is 9.60. The third-order valence-corrected chi connectivity index (χ3v) is 8.89. The molecule has 1 aliphatic rings. The van der Waals surface area contributed by atoms with Gasteiger partial charge in [0, 0.05) is 19.8 Å². The highest BCUT2D eigenvalue weighted by molar-refractivity contribution is 7.56. The Balaban J connectivity index is 2.54. The van der Waals surface area contributed by atoms with Gasteiger partial charge in [0.05, 0.1) is 0 Å². The molecule has 1 aliphatic carbocycles. The molecule has 0 bridgehead atoms. The molecule has 0 aliphatic heterocycles. The number of carbonyl (C=O) groups excluding carboxylic acids is 1. The van der Waals surface area contributed by atoms with Crippen molar-refractivity contribution in [2.45, 2.75) is 77.3 Å². The lowest BCUT2D eigenvalue weighted by Crippen LogP contribution is -2.34. The van der Waals surface area contributed by atoms with Crippen LogP contribution in [0.4, 0.5) is 0 Å². The summed E-state index contributed by atoms with van der Waals surface area (Å²) < 4.78 is 23.3. The third-order valence-electron chi connectivity index (χ3n) is 6.18. The zero-order valence-electron chi connectivity index (χ0n) is 18.8. The second-order valence-electron chi connectivity index (χ2n) is 8.96. The van der Waals surface area contributed by atoms with E-state index in [-0.39, 0.29) is 11.2 Å². The Bertz CT molecular complexity index is 842. The lowest BCUT2D eigenvalue weighted by Gasteiger charge is -2.31. The third kappa shape index (κ3) is 4.38. The molecule has 0 saturated carbocycles. The van der Waals surface area contributed by atoms with Crippen LogP contribution in [0.1, 0.15) is 76.1 Å². The van der Waals surface area contributed by atoms with Crippen LogP contribution in [0.3, 0.4) is 0 Å². The zero-order chi connectivity index (χ0) is 22.0. The number of hydrogen-bond donors (Lipinski definition) is 1. The molecule has 29 heavy (non-hydrogen) atoms. The number of phenols is 1. The first-order valence-electron chi connectivity index (χ1n) is 10.3. The number of ketones is 1. The Labute approximate surface area is 175 Å². The monoisotopic (exact) mass is 422 g/mol. The van der Waals surface area contributed by atoms with Crippen molar-refractivity contribution in [3.05, 3.63) is 34.4 Å². The average molecular weight is 423 g/mol. The summed E-state index contributed by atoms with van der Waals surface area (Å²) in [4.78, 5) is 13.1. The van der Waals surface area contributed by atoms with Crippen molar-refractivity contribution in [2.75, 3.05) is 14.2 Å². The zero-order valence-corrected chi connectivity index (χ0v) is 19.7. The van der Waals surface area contributed by atoms with Crippen LogP contribution >= 0.6 is 7.60 Å².